The number of carbonyl (C=O) groups excluding carboxylic acids is 2. The summed E-state index contributed by atoms with van der Waals surface area (Å²) in [5.74, 6) is 1.03. The lowest BCUT2D eigenvalue weighted by atomic mass is 9.98. The first-order chi connectivity index (χ1) is 13.8. The normalized spacial score (nSPS) is 14.6. The van der Waals surface area contributed by atoms with Gasteiger partial charge < -0.3 is 15.0 Å². The number of rotatable bonds is 5. The highest BCUT2D eigenvalue weighted by atomic mass is 79.9. The minimum atomic E-state index is -0.292. The van der Waals surface area contributed by atoms with Crippen molar-refractivity contribution in [2.75, 3.05) is 25.0 Å². The Morgan fingerprint density at radius 3 is 2.41 bits per heavy atom. The Kier molecular flexibility index (Phi) is 6.96. The van der Waals surface area contributed by atoms with E-state index in [1.54, 1.807) is 12.1 Å². The van der Waals surface area contributed by atoms with Crippen LogP contribution in [0.3, 0.4) is 0 Å². The lowest BCUT2D eigenvalue weighted by molar-refractivity contribution is -0.118. The largest absolute Gasteiger partial charge is 0.483 e. The number of ether oxygens (including phenoxy) is 1. The summed E-state index contributed by atoms with van der Waals surface area (Å²) in [6, 6.07) is 11.1. The molecule has 0 aromatic heterocycles. The predicted octanol–water partition coefficient (Wildman–Crippen LogP) is 4.96. The van der Waals surface area contributed by atoms with E-state index in [1.165, 1.54) is 0 Å². The molecule has 2 aromatic rings. The van der Waals surface area contributed by atoms with Crippen LogP contribution in [0, 0.1) is 19.8 Å². The zero-order chi connectivity index (χ0) is 21.0. The Hall–Kier alpha value is -2.34. The maximum absolute atomic E-state index is 12.9. The topological polar surface area (TPSA) is 58.6 Å². The molecule has 1 aliphatic rings. The molecule has 0 saturated carbocycles. The van der Waals surface area contributed by atoms with Crippen molar-refractivity contribution in [1.82, 2.24) is 4.90 Å². The first kappa shape index (κ1) is 21.4. The van der Waals surface area contributed by atoms with Gasteiger partial charge in [0.15, 0.2) is 6.61 Å². The smallest absolute Gasteiger partial charge is 0.262 e. The number of piperidine rings is 1. The van der Waals surface area contributed by atoms with E-state index in [2.05, 4.69) is 28.2 Å². The zero-order valence-corrected chi connectivity index (χ0v) is 18.7. The monoisotopic (exact) mass is 458 g/mol. The zero-order valence-electron chi connectivity index (χ0n) is 17.1. The van der Waals surface area contributed by atoms with Crippen molar-refractivity contribution in [3.05, 3.63) is 57.6 Å². The minimum absolute atomic E-state index is 0.0340. The van der Waals surface area contributed by atoms with Crippen LogP contribution in [-0.4, -0.2) is 36.4 Å². The molecule has 2 amide bonds. The number of likely N-dealkylation sites (tertiary alicyclic amines) is 1. The van der Waals surface area contributed by atoms with E-state index in [1.807, 2.05) is 43.0 Å². The average molecular weight is 459 g/mol. The molecule has 154 valence electrons. The maximum Gasteiger partial charge on any atom is 0.262 e. The molecule has 6 heteroatoms. The van der Waals surface area contributed by atoms with Gasteiger partial charge >= 0.3 is 0 Å². The van der Waals surface area contributed by atoms with E-state index in [0.29, 0.717) is 22.9 Å². The number of hydrogen-bond acceptors (Lipinski definition) is 3. The molecule has 1 fully saturated rings. The van der Waals surface area contributed by atoms with Crippen molar-refractivity contribution in [2.45, 2.75) is 33.6 Å². The van der Waals surface area contributed by atoms with Gasteiger partial charge in [-0.05, 0) is 68.0 Å². The van der Waals surface area contributed by atoms with Crippen LogP contribution in [0.25, 0.3) is 0 Å². The fourth-order valence-corrected chi connectivity index (χ4v) is 4.30. The summed E-state index contributed by atoms with van der Waals surface area (Å²) in [5, 5.41) is 2.84. The Balaban J connectivity index is 1.66. The van der Waals surface area contributed by atoms with E-state index in [0.717, 1.165) is 41.5 Å². The van der Waals surface area contributed by atoms with E-state index in [-0.39, 0.29) is 18.4 Å². The van der Waals surface area contributed by atoms with Crippen molar-refractivity contribution in [1.29, 1.82) is 0 Å². The van der Waals surface area contributed by atoms with Gasteiger partial charge in [0.05, 0.1) is 11.3 Å². The van der Waals surface area contributed by atoms with Crippen LogP contribution in [0.1, 0.15) is 41.3 Å². The van der Waals surface area contributed by atoms with Crippen molar-refractivity contribution < 1.29 is 14.3 Å². The van der Waals surface area contributed by atoms with E-state index < -0.39 is 0 Å². The highest BCUT2D eigenvalue weighted by Crippen LogP contribution is 2.27. The molecule has 1 heterocycles. The fraction of sp³-hybridized carbons (Fsp3) is 0.391. The molecule has 0 unspecified atom stereocenters. The summed E-state index contributed by atoms with van der Waals surface area (Å²) in [4.78, 5) is 27.3. The second-order valence-electron chi connectivity index (χ2n) is 7.73. The van der Waals surface area contributed by atoms with Crippen LogP contribution < -0.4 is 10.1 Å². The maximum atomic E-state index is 12.9. The van der Waals surface area contributed by atoms with Gasteiger partial charge in [-0.25, -0.2) is 0 Å². The molecule has 0 bridgehead atoms. The van der Waals surface area contributed by atoms with Gasteiger partial charge in [-0.3, -0.25) is 9.59 Å². The average Bonchev–Trinajstić information content (AvgIpc) is 2.67. The number of carbonyl (C=O) groups is 2. The second kappa shape index (κ2) is 9.44. The lowest BCUT2D eigenvalue weighted by Crippen LogP contribution is -2.38. The third kappa shape index (κ3) is 5.38. The summed E-state index contributed by atoms with van der Waals surface area (Å²) in [6.07, 6.45) is 2.03. The van der Waals surface area contributed by atoms with Gasteiger partial charge in [-0.15, -0.1) is 0 Å². The van der Waals surface area contributed by atoms with Crippen molar-refractivity contribution >= 4 is 33.4 Å². The van der Waals surface area contributed by atoms with E-state index in [9.17, 15) is 9.59 Å². The van der Waals surface area contributed by atoms with Crippen LogP contribution in [-0.2, 0) is 4.79 Å². The molecule has 1 saturated heterocycles. The number of nitrogens with one attached hydrogen (secondary N) is 1. The van der Waals surface area contributed by atoms with Crippen LogP contribution in [0.5, 0.6) is 5.75 Å². The molecule has 0 spiro atoms. The van der Waals surface area contributed by atoms with Gasteiger partial charge in [0.25, 0.3) is 11.8 Å². The van der Waals surface area contributed by atoms with Crippen molar-refractivity contribution in [2.24, 2.45) is 5.92 Å². The number of amides is 2. The van der Waals surface area contributed by atoms with Crippen LogP contribution in [0.15, 0.2) is 40.9 Å². The number of aryl methyl sites for hydroxylation is 2. The highest BCUT2D eigenvalue weighted by molar-refractivity contribution is 9.10. The second-order valence-corrected chi connectivity index (χ2v) is 8.64. The standard InChI is InChI=1S/C23H27BrN2O3/c1-15-8-10-26(11-9-15)23(28)19-6-4-5-7-20(19)25-21(27)14-29-22-16(2)12-18(24)13-17(22)3/h4-7,12-13,15H,8-11,14H2,1-3H3,(H,25,27). The third-order valence-electron chi connectivity index (χ3n) is 5.28. The molecule has 1 N–H and O–H groups in total. The first-order valence-corrected chi connectivity index (χ1v) is 10.7. The van der Waals surface area contributed by atoms with Crippen LogP contribution in [0.2, 0.25) is 0 Å². The molecule has 2 aromatic carbocycles. The number of nitrogens with zero attached hydrogens (tertiary/aromatic N) is 1. The predicted molar refractivity (Wildman–Crippen MR) is 118 cm³/mol. The molecule has 29 heavy (non-hydrogen) atoms. The molecular formula is C23H27BrN2O3. The van der Waals surface area contributed by atoms with Gasteiger partial charge in [-0.2, -0.15) is 0 Å². The summed E-state index contributed by atoms with van der Waals surface area (Å²) >= 11 is 3.46. The SMILES string of the molecule is Cc1cc(Br)cc(C)c1OCC(=O)Nc1ccccc1C(=O)N1CCC(C)CC1. The van der Waals surface area contributed by atoms with Gasteiger partial charge in [0, 0.05) is 17.6 Å². The Labute approximate surface area is 180 Å². The molecule has 5 nitrogen and oxygen atoms in total. The van der Waals surface area contributed by atoms with Gasteiger partial charge in [0.1, 0.15) is 5.75 Å². The quantitative estimate of drug-likeness (QED) is 0.688. The summed E-state index contributed by atoms with van der Waals surface area (Å²) < 4.78 is 6.73. The molecule has 0 aliphatic carbocycles. The van der Waals surface area contributed by atoms with Crippen molar-refractivity contribution in [3.63, 3.8) is 0 Å². The van der Waals surface area contributed by atoms with Crippen molar-refractivity contribution in [3.8, 4) is 5.75 Å². The Morgan fingerprint density at radius 2 is 1.76 bits per heavy atom. The fourth-order valence-electron chi connectivity index (χ4n) is 3.61. The minimum Gasteiger partial charge on any atom is -0.483 e. The molecule has 0 atom stereocenters. The highest BCUT2D eigenvalue weighted by Gasteiger charge is 2.23. The number of para-hydroxylation sites is 1. The summed E-state index contributed by atoms with van der Waals surface area (Å²) in [5.41, 5.74) is 2.96. The summed E-state index contributed by atoms with van der Waals surface area (Å²) in [7, 11) is 0. The van der Waals surface area contributed by atoms with Crippen LogP contribution >= 0.6 is 15.9 Å². The van der Waals surface area contributed by atoms with E-state index >= 15 is 0 Å². The lowest BCUT2D eigenvalue weighted by Gasteiger charge is -2.30. The van der Waals surface area contributed by atoms with Crippen LogP contribution in [0.4, 0.5) is 5.69 Å². The number of hydrogen-bond donors (Lipinski definition) is 1. The number of halogens is 1. The third-order valence-corrected chi connectivity index (χ3v) is 5.73. The number of anilines is 1. The van der Waals surface area contributed by atoms with Gasteiger partial charge in [0.2, 0.25) is 0 Å². The number of benzene rings is 2. The molecule has 0 radical (unpaired) electrons. The Morgan fingerprint density at radius 1 is 1.14 bits per heavy atom. The molecular weight excluding hydrogens is 432 g/mol. The Bertz CT molecular complexity index is 882. The first-order valence-electron chi connectivity index (χ1n) is 9.93. The molecule has 3 rings (SSSR count). The summed E-state index contributed by atoms with van der Waals surface area (Å²) in [6.45, 7) is 7.50. The van der Waals surface area contributed by atoms with E-state index in [4.69, 9.17) is 4.74 Å². The van der Waals surface area contributed by atoms with Gasteiger partial charge in [-0.1, -0.05) is 35.0 Å². The molecule has 1 aliphatic heterocycles.